The van der Waals surface area contributed by atoms with Gasteiger partial charge in [0.15, 0.2) is 11.0 Å². The van der Waals surface area contributed by atoms with Gasteiger partial charge in [0.1, 0.15) is 28.7 Å². The van der Waals surface area contributed by atoms with Crippen molar-refractivity contribution in [2.24, 2.45) is 0 Å². The van der Waals surface area contributed by atoms with Crippen molar-refractivity contribution in [2.75, 3.05) is 12.4 Å². The van der Waals surface area contributed by atoms with Crippen LogP contribution >= 0.6 is 11.3 Å². The molecule has 3 heterocycles. The van der Waals surface area contributed by atoms with E-state index in [2.05, 4.69) is 20.3 Å². The van der Waals surface area contributed by atoms with E-state index >= 15 is 0 Å². The second kappa shape index (κ2) is 8.27. The van der Waals surface area contributed by atoms with Crippen LogP contribution in [0.1, 0.15) is 0 Å². The Morgan fingerprint density at radius 1 is 1.00 bits per heavy atom. The number of halogens is 2. The number of anilines is 2. The van der Waals surface area contributed by atoms with Gasteiger partial charge in [-0.25, -0.2) is 23.7 Å². The maximum Gasteiger partial charge on any atom is 0.188 e. The zero-order valence-corrected chi connectivity index (χ0v) is 17.5. The Hall–Kier alpha value is -3.98. The quantitative estimate of drug-likeness (QED) is 0.365. The van der Waals surface area contributed by atoms with Gasteiger partial charge in [0.05, 0.1) is 7.11 Å². The topological polar surface area (TPSA) is 72.8 Å². The van der Waals surface area contributed by atoms with Crippen molar-refractivity contribution in [3.05, 3.63) is 78.1 Å². The van der Waals surface area contributed by atoms with E-state index in [0.29, 0.717) is 39.0 Å². The van der Waals surface area contributed by atoms with Crippen LogP contribution in [-0.4, -0.2) is 27.0 Å². The zero-order chi connectivity index (χ0) is 22.1. The molecule has 5 aromatic rings. The smallest absolute Gasteiger partial charge is 0.188 e. The normalized spacial score (nSPS) is 11.0. The Labute approximate surface area is 185 Å². The number of ether oxygens (including phenoxy) is 1. The van der Waals surface area contributed by atoms with Gasteiger partial charge in [-0.2, -0.15) is 0 Å². The predicted molar refractivity (Wildman–Crippen MR) is 120 cm³/mol. The van der Waals surface area contributed by atoms with Gasteiger partial charge in [-0.1, -0.05) is 0 Å². The third-order valence-corrected chi connectivity index (χ3v) is 5.49. The Morgan fingerprint density at radius 2 is 1.91 bits per heavy atom. The van der Waals surface area contributed by atoms with Crippen LogP contribution in [-0.2, 0) is 0 Å². The van der Waals surface area contributed by atoms with Crippen LogP contribution in [0.5, 0.6) is 5.75 Å². The largest absolute Gasteiger partial charge is 0.494 e. The highest BCUT2D eigenvalue weighted by atomic mass is 32.1. The van der Waals surface area contributed by atoms with Gasteiger partial charge in [0, 0.05) is 46.6 Å². The molecule has 3 aromatic heterocycles. The molecule has 9 heteroatoms. The van der Waals surface area contributed by atoms with Crippen molar-refractivity contribution < 1.29 is 13.5 Å². The van der Waals surface area contributed by atoms with E-state index in [9.17, 15) is 8.78 Å². The molecule has 158 valence electrons. The second-order valence-corrected chi connectivity index (χ2v) is 7.69. The van der Waals surface area contributed by atoms with Gasteiger partial charge < -0.3 is 10.1 Å². The fourth-order valence-corrected chi connectivity index (χ4v) is 3.87. The van der Waals surface area contributed by atoms with Crippen molar-refractivity contribution >= 4 is 33.2 Å². The number of aromatic nitrogens is 4. The van der Waals surface area contributed by atoms with Crippen LogP contribution in [0.3, 0.4) is 0 Å². The molecule has 0 bridgehead atoms. The third-order valence-electron chi connectivity index (χ3n) is 4.80. The first-order valence-electron chi connectivity index (χ1n) is 9.54. The van der Waals surface area contributed by atoms with E-state index in [1.54, 1.807) is 36.8 Å². The van der Waals surface area contributed by atoms with Gasteiger partial charge >= 0.3 is 0 Å². The number of nitrogens with zero attached hydrogens (tertiary/aromatic N) is 4. The van der Waals surface area contributed by atoms with Crippen LogP contribution in [0.2, 0.25) is 0 Å². The SMILES string of the molecule is COc1cc(-c2ccc(F)cc2F)cc2c(Nc3nccs3)nc(-c3cccnc3)nc12. The summed E-state index contributed by atoms with van der Waals surface area (Å²) in [7, 11) is 1.51. The summed E-state index contributed by atoms with van der Waals surface area (Å²) in [6, 6.07) is 10.5. The molecule has 0 atom stereocenters. The monoisotopic (exact) mass is 447 g/mol. The highest BCUT2D eigenvalue weighted by molar-refractivity contribution is 7.13. The van der Waals surface area contributed by atoms with Gasteiger partial charge in [-0.05, 0) is 42.0 Å². The number of methoxy groups -OCH3 is 1. The molecule has 0 aliphatic rings. The van der Waals surface area contributed by atoms with Crippen molar-refractivity contribution in [2.45, 2.75) is 0 Å². The summed E-state index contributed by atoms with van der Waals surface area (Å²) < 4.78 is 33.5. The molecular weight excluding hydrogens is 432 g/mol. The average molecular weight is 447 g/mol. The lowest BCUT2D eigenvalue weighted by Crippen LogP contribution is -2.01. The summed E-state index contributed by atoms with van der Waals surface area (Å²) in [5.41, 5.74) is 2.01. The van der Waals surface area contributed by atoms with Crippen LogP contribution in [0, 0.1) is 11.6 Å². The van der Waals surface area contributed by atoms with Crippen LogP contribution < -0.4 is 10.1 Å². The maximum atomic E-state index is 14.5. The Kier molecular flexibility index (Phi) is 5.16. The summed E-state index contributed by atoms with van der Waals surface area (Å²) in [5, 5.41) is 6.30. The number of rotatable bonds is 5. The van der Waals surface area contributed by atoms with Gasteiger partial charge in [0.25, 0.3) is 0 Å². The number of hydrogen-bond donors (Lipinski definition) is 1. The molecule has 0 saturated heterocycles. The van der Waals surface area contributed by atoms with E-state index in [4.69, 9.17) is 9.72 Å². The number of thiazole rings is 1. The third kappa shape index (κ3) is 3.74. The maximum absolute atomic E-state index is 14.5. The number of nitrogens with one attached hydrogen (secondary N) is 1. The number of pyridine rings is 1. The van der Waals surface area contributed by atoms with Crippen LogP contribution in [0.4, 0.5) is 19.7 Å². The molecule has 0 unspecified atom stereocenters. The summed E-state index contributed by atoms with van der Waals surface area (Å²) in [4.78, 5) is 17.8. The average Bonchev–Trinajstić information content (AvgIpc) is 3.32. The Morgan fingerprint density at radius 3 is 2.62 bits per heavy atom. The Balaban J connectivity index is 1.77. The molecule has 1 N–H and O–H groups in total. The number of benzene rings is 2. The van der Waals surface area contributed by atoms with Crippen molar-refractivity contribution in [1.29, 1.82) is 0 Å². The van der Waals surface area contributed by atoms with E-state index < -0.39 is 11.6 Å². The highest BCUT2D eigenvalue weighted by Gasteiger charge is 2.18. The molecule has 0 aliphatic carbocycles. The van der Waals surface area contributed by atoms with Gasteiger partial charge in [-0.15, -0.1) is 11.3 Å². The molecule has 0 amide bonds. The van der Waals surface area contributed by atoms with Gasteiger partial charge in [-0.3, -0.25) is 4.98 Å². The lowest BCUT2D eigenvalue weighted by Gasteiger charge is -2.14. The van der Waals surface area contributed by atoms with E-state index in [1.165, 1.54) is 30.6 Å². The molecule has 6 nitrogen and oxygen atoms in total. The zero-order valence-electron chi connectivity index (χ0n) is 16.7. The molecule has 0 aliphatic heterocycles. The minimum atomic E-state index is -0.672. The molecule has 0 spiro atoms. The van der Waals surface area contributed by atoms with Crippen molar-refractivity contribution in [3.63, 3.8) is 0 Å². The van der Waals surface area contributed by atoms with E-state index in [0.717, 1.165) is 11.6 Å². The lowest BCUT2D eigenvalue weighted by atomic mass is 10.0. The lowest BCUT2D eigenvalue weighted by molar-refractivity contribution is 0.419. The molecule has 32 heavy (non-hydrogen) atoms. The summed E-state index contributed by atoms with van der Waals surface area (Å²) >= 11 is 1.41. The molecule has 0 saturated carbocycles. The summed E-state index contributed by atoms with van der Waals surface area (Å²) in [5.74, 6) is 0.0365. The highest BCUT2D eigenvalue weighted by Crippen LogP contribution is 2.37. The molecule has 0 fully saturated rings. The number of hydrogen-bond acceptors (Lipinski definition) is 7. The first-order chi connectivity index (χ1) is 15.6. The fourth-order valence-electron chi connectivity index (χ4n) is 3.34. The first-order valence-corrected chi connectivity index (χ1v) is 10.4. The van der Waals surface area contributed by atoms with E-state index in [-0.39, 0.29) is 5.56 Å². The second-order valence-electron chi connectivity index (χ2n) is 6.80. The first kappa shape index (κ1) is 20.0. The van der Waals surface area contributed by atoms with E-state index in [1.807, 2.05) is 11.4 Å². The summed E-state index contributed by atoms with van der Waals surface area (Å²) in [6.45, 7) is 0. The number of fused-ring (bicyclic) bond motifs is 1. The minimum Gasteiger partial charge on any atom is -0.494 e. The van der Waals surface area contributed by atoms with Gasteiger partial charge in [0.2, 0.25) is 0 Å². The molecular formula is C23H15F2N5OS. The summed E-state index contributed by atoms with van der Waals surface area (Å²) in [6.07, 6.45) is 5.02. The molecule has 2 aromatic carbocycles. The predicted octanol–water partition coefficient (Wildman–Crippen LogP) is 5.85. The minimum absolute atomic E-state index is 0.239. The Bertz CT molecular complexity index is 1410. The standard InChI is InChI=1S/C23H15F2N5OS/c1-31-19-10-14(16-5-4-15(24)11-18(16)25)9-17-20(19)28-21(13-3-2-6-26-12-13)29-22(17)30-23-27-7-8-32-23/h2-12H,1H3,(H,27,28,29,30). The molecule has 5 rings (SSSR count). The fraction of sp³-hybridized carbons (Fsp3) is 0.0435. The van der Waals surface area contributed by atoms with Crippen LogP contribution in [0.25, 0.3) is 33.4 Å². The van der Waals surface area contributed by atoms with Crippen molar-refractivity contribution in [1.82, 2.24) is 19.9 Å². The van der Waals surface area contributed by atoms with Crippen LogP contribution in [0.15, 0.2) is 66.4 Å². The molecule has 0 radical (unpaired) electrons. The van der Waals surface area contributed by atoms with Crippen molar-refractivity contribution in [3.8, 4) is 28.3 Å².